The molecule has 0 aliphatic carbocycles. The molecular weight excluding hydrogens is 418 g/mol. The molecule has 5 nitrogen and oxygen atoms in total. The minimum Gasteiger partial charge on any atom is -0.352 e. The molecule has 0 atom stereocenters. The van der Waals surface area contributed by atoms with Crippen molar-refractivity contribution in [1.82, 2.24) is 5.32 Å². The van der Waals surface area contributed by atoms with E-state index in [4.69, 9.17) is 0 Å². The van der Waals surface area contributed by atoms with Crippen LogP contribution in [0, 0.1) is 0 Å². The van der Waals surface area contributed by atoms with Crippen molar-refractivity contribution in [2.45, 2.75) is 33.2 Å². The molecule has 2 aromatic carbocycles. The molecule has 6 heteroatoms. The number of nitrogens with zero attached hydrogens (tertiary/aromatic N) is 2. The summed E-state index contributed by atoms with van der Waals surface area (Å²) in [5.41, 5.74) is 3.14. The van der Waals surface area contributed by atoms with Crippen LogP contribution in [0.15, 0.2) is 77.4 Å². The molecule has 32 heavy (non-hydrogen) atoms. The molecular formula is C26H25N3O2S. The first-order valence-electron chi connectivity index (χ1n) is 10.6. The average Bonchev–Trinajstić information content (AvgIpc) is 3.37. The van der Waals surface area contributed by atoms with Crippen LogP contribution in [0.2, 0.25) is 0 Å². The largest absolute Gasteiger partial charge is 0.352 e. The van der Waals surface area contributed by atoms with Crippen molar-refractivity contribution in [3.05, 3.63) is 93.3 Å². The van der Waals surface area contributed by atoms with Gasteiger partial charge in [-0.05, 0) is 54.8 Å². The quantitative estimate of drug-likeness (QED) is 0.524. The molecule has 0 saturated carbocycles. The normalized spacial score (nSPS) is 14.7. The van der Waals surface area contributed by atoms with Gasteiger partial charge in [0, 0.05) is 16.3 Å². The average molecular weight is 444 g/mol. The standard InChI is InChI=1S/C26H25N3O2S/c1-3-22-13-14-23(32-22)16-24-26(31)29(18(2)28-24)21-11-9-19(10-12-21)15-25(30)27-17-20-7-5-4-6-8-20/h4-14,16H,3,15,17H2,1-2H3,(H,27,30)/b24-16-. The van der Waals surface area contributed by atoms with Gasteiger partial charge in [0.25, 0.3) is 5.91 Å². The fraction of sp³-hybridized carbons (Fsp3) is 0.192. The summed E-state index contributed by atoms with van der Waals surface area (Å²) in [6, 6.07) is 21.4. The molecule has 0 fully saturated rings. The number of amidine groups is 1. The lowest BCUT2D eigenvalue weighted by Crippen LogP contribution is -2.30. The predicted octanol–water partition coefficient (Wildman–Crippen LogP) is 4.98. The lowest BCUT2D eigenvalue weighted by atomic mass is 10.1. The van der Waals surface area contributed by atoms with Gasteiger partial charge >= 0.3 is 0 Å². The first-order valence-corrected chi connectivity index (χ1v) is 11.4. The second kappa shape index (κ2) is 9.75. The van der Waals surface area contributed by atoms with Gasteiger partial charge in [0.05, 0.1) is 12.1 Å². The van der Waals surface area contributed by atoms with Crippen molar-refractivity contribution in [1.29, 1.82) is 0 Å². The summed E-state index contributed by atoms with van der Waals surface area (Å²) < 4.78 is 0. The van der Waals surface area contributed by atoms with Crippen LogP contribution in [0.4, 0.5) is 5.69 Å². The van der Waals surface area contributed by atoms with Gasteiger partial charge in [-0.1, -0.05) is 49.4 Å². The van der Waals surface area contributed by atoms with Crippen LogP contribution in [0.3, 0.4) is 0 Å². The minimum absolute atomic E-state index is 0.0378. The van der Waals surface area contributed by atoms with Crippen LogP contribution in [-0.2, 0) is 29.0 Å². The molecule has 0 bridgehead atoms. The van der Waals surface area contributed by atoms with E-state index in [1.165, 1.54) is 4.88 Å². The Bertz CT molecular complexity index is 1180. The van der Waals surface area contributed by atoms with Crippen molar-refractivity contribution < 1.29 is 9.59 Å². The number of hydrogen-bond acceptors (Lipinski definition) is 4. The van der Waals surface area contributed by atoms with Crippen LogP contribution in [0.5, 0.6) is 0 Å². The third-order valence-corrected chi connectivity index (χ3v) is 6.41. The van der Waals surface area contributed by atoms with Gasteiger partial charge in [-0.3, -0.25) is 14.5 Å². The zero-order chi connectivity index (χ0) is 22.5. The van der Waals surface area contributed by atoms with Gasteiger partial charge in [0.15, 0.2) is 0 Å². The maximum atomic E-state index is 13.0. The van der Waals surface area contributed by atoms with Gasteiger partial charge in [0.1, 0.15) is 11.5 Å². The Kier molecular flexibility index (Phi) is 6.61. The molecule has 3 aromatic rings. The molecule has 0 unspecified atom stereocenters. The van der Waals surface area contributed by atoms with E-state index in [9.17, 15) is 9.59 Å². The predicted molar refractivity (Wildman–Crippen MR) is 131 cm³/mol. The van der Waals surface area contributed by atoms with Crippen molar-refractivity contribution in [3.8, 4) is 0 Å². The summed E-state index contributed by atoms with van der Waals surface area (Å²) in [6.07, 6.45) is 3.12. The third kappa shape index (κ3) is 5.03. The molecule has 0 saturated heterocycles. The molecule has 4 rings (SSSR count). The van der Waals surface area contributed by atoms with E-state index in [1.54, 1.807) is 16.2 Å². The Morgan fingerprint density at radius 1 is 1.03 bits per heavy atom. The number of nitrogens with one attached hydrogen (secondary N) is 1. The van der Waals surface area contributed by atoms with Crippen LogP contribution in [0.1, 0.15) is 34.7 Å². The summed E-state index contributed by atoms with van der Waals surface area (Å²) in [7, 11) is 0. The molecule has 1 aliphatic rings. The third-order valence-electron chi connectivity index (χ3n) is 5.23. The maximum Gasteiger partial charge on any atom is 0.282 e. The van der Waals surface area contributed by atoms with Crippen LogP contribution < -0.4 is 10.2 Å². The highest BCUT2D eigenvalue weighted by atomic mass is 32.1. The van der Waals surface area contributed by atoms with Gasteiger partial charge < -0.3 is 5.32 Å². The second-order valence-corrected chi connectivity index (χ2v) is 8.79. The van der Waals surface area contributed by atoms with E-state index in [0.29, 0.717) is 18.1 Å². The summed E-state index contributed by atoms with van der Waals surface area (Å²) in [4.78, 5) is 33.6. The smallest absolute Gasteiger partial charge is 0.282 e. The lowest BCUT2D eigenvalue weighted by Gasteiger charge is -2.16. The molecule has 162 valence electrons. The maximum absolute atomic E-state index is 13.0. The zero-order valence-electron chi connectivity index (χ0n) is 18.2. The van der Waals surface area contributed by atoms with E-state index < -0.39 is 0 Å². The van der Waals surface area contributed by atoms with Crippen molar-refractivity contribution in [3.63, 3.8) is 0 Å². The summed E-state index contributed by atoms with van der Waals surface area (Å²) >= 11 is 1.68. The highest BCUT2D eigenvalue weighted by Gasteiger charge is 2.29. The van der Waals surface area contributed by atoms with Crippen LogP contribution in [0.25, 0.3) is 6.08 Å². The Morgan fingerprint density at radius 2 is 1.78 bits per heavy atom. The topological polar surface area (TPSA) is 61.8 Å². The summed E-state index contributed by atoms with van der Waals surface area (Å²) in [5, 5.41) is 2.94. The number of anilines is 1. The van der Waals surface area contributed by atoms with E-state index in [0.717, 1.165) is 28.1 Å². The Labute approximate surface area is 192 Å². The number of hydrogen-bond donors (Lipinski definition) is 1. The Hall–Kier alpha value is -3.51. The minimum atomic E-state index is -0.137. The number of amides is 2. The van der Waals surface area contributed by atoms with E-state index in [-0.39, 0.29) is 18.2 Å². The molecule has 0 radical (unpaired) electrons. The van der Waals surface area contributed by atoms with Crippen molar-refractivity contribution in [2.75, 3.05) is 4.90 Å². The zero-order valence-corrected chi connectivity index (χ0v) is 19.0. The Balaban J connectivity index is 1.39. The number of benzene rings is 2. The molecule has 1 aromatic heterocycles. The number of rotatable bonds is 7. The summed E-state index contributed by atoms with van der Waals surface area (Å²) in [6.45, 7) is 4.45. The molecule has 2 amide bonds. The number of carbonyl (C=O) groups is 2. The van der Waals surface area contributed by atoms with Gasteiger partial charge in [-0.15, -0.1) is 11.3 Å². The van der Waals surface area contributed by atoms with E-state index >= 15 is 0 Å². The van der Waals surface area contributed by atoms with Gasteiger partial charge in [-0.2, -0.15) is 0 Å². The SMILES string of the molecule is CCc1ccc(/C=C2\N=C(C)N(c3ccc(CC(=O)NCc4ccccc4)cc3)C2=O)s1. The van der Waals surface area contributed by atoms with Crippen molar-refractivity contribution in [2.24, 2.45) is 4.99 Å². The first kappa shape index (κ1) is 21.7. The highest BCUT2D eigenvalue weighted by Crippen LogP contribution is 2.27. The second-order valence-electron chi connectivity index (χ2n) is 7.59. The van der Waals surface area contributed by atoms with E-state index in [1.807, 2.05) is 73.7 Å². The monoisotopic (exact) mass is 443 g/mol. The van der Waals surface area contributed by atoms with E-state index in [2.05, 4.69) is 23.3 Å². The molecule has 2 heterocycles. The molecule has 1 aliphatic heterocycles. The Morgan fingerprint density at radius 3 is 2.47 bits per heavy atom. The number of aliphatic imine (C=N–C) groups is 1. The highest BCUT2D eigenvalue weighted by molar-refractivity contribution is 7.12. The fourth-order valence-corrected chi connectivity index (χ4v) is 4.43. The number of aryl methyl sites for hydroxylation is 1. The molecule has 0 spiro atoms. The van der Waals surface area contributed by atoms with Crippen molar-refractivity contribution >= 4 is 40.8 Å². The van der Waals surface area contributed by atoms with Crippen LogP contribution in [-0.4, -0.2) is 17.6 Å². The number of thiophene rings is 1. The fourth-order valence-electron chi connectivity index (χ4n) is 3.54. The van der Waals surface area contributed by atoms with Gasteiger partial charge in [-0.25, -0.2) is 4.99 Å². The lowest BCUT2D eigenvalue weighted by molar-refractivity contribution is -0.120. The first-order chi connectivity index (χ1) is 15.5. The number of carbonyl (C=O) groups excluding carboxylic acids is 2. The van der Waals surface area contributed by atoms with Gasteiger partial charge in [0.2, 0.25) is 5.91 Å². The summed E-state index contributed by atoms with van der Waals surface area (Å²) in [5.74, 6) is 0.466. The van der Waals surface area contributed by atoms with Crippen LogP contribution >= 0.6 is 11.3 Å². The molecule has 1 N–H and O–H groups in total.